The number of hydrogen-bond donors (Lipinski definition) is 0. The lowest BCUT2D eigenvalue weighted by Crippen LogP contribution is -2.21. The third-order valence-electron chi connectivity index (χ3n) is 3.58. The van der Waals surface area contributed by atoms with E-state index in [4.69, 9.17) is 0 Å². The van der Waals surface area contributed by atoms with Gasteiger partial charge >= 0.3 is 4.87 Å². The topological polar surface area (TPSA) is 25.2 Å². The fourth-order valence-electron chi connectivity index (χ4n) is 2.30. The van der Waals surface area contributed by atoms with Crippen molar-refractivity contribution in [2.45, 2.75) is 19.3 Å². The molecule has 1 aromatic carbocycles. The van der Waals surface area contributed by atoms with Gasteiger partial charge in [-0.3, -0.25) is 4.79 Å². The summed E-state index contributed by atoms with van der Waals surface area (Å²) in [6.45, 7) is 2.34. The van der Waals surface area contributed by atoms with Crippen molar-refractivity contribution in [1.82, 2.24) is 9.47 Å². The van der Waals surface area contributed by atoms with Gasteiger partial charge in [-0.05, 0) is 50.6 Å². The molecule has 0 saturated carbocycles. The summed E-state index contributed by atoms with van der Waals surface area (Å²) in [6.07, 6.45) is 3.54. The lowest BCUT2D eigenvalue weighted by atomic mass is 10.1. The number of aryl methyl sites for hydroxylation is 2. The molecular weight excluding hydrogens is 419 g/mol. The van der Waals surface area contributed by atoms with Gasteiger partial charge in [0.15, 0.2) is 0 Å². The molecule has 118 valence electrons. The minimum Gasteiger partial charge on any atom is -0.306 e. The number of fused-ring (bicyclic) bond motifs is 1. The lowest BCUT2D eigenvalue weighted by molar-refractivity contribution is 0.348. The van der Waals surface area contributed by atoms with Gasteiger partial charge in [0.2, 0.25) is 0 Å². The number of rotatable bonds is 7. The molecule has 0 aliphatic rings. The van der Waals surface area contributed by atoms with Crippen molar-refractivity contribution in [1.29, 1.82) is 0 Å². The number of nitrogens with zero attached hydrogens (tertiary/aromatic N) is 2. The van der Waals surface area contributed by atoms with Crippen molar-refractivity contribution in [3.63, 3.8) is 0 Å². The molecule has 1 aromatic heterocycles. The number of unbranched alkanes of at least 4 members (excludes halogenated alkanes) is 1. The first kappa shape index (κ1) is 18.9. The first-order valence-electron chi connectivity index (χ1n) is 6.95. The van der Waals surface area contributed by atoms with E-state index in [1.165, 1.54) is 47.3 Å². The van der Waals surface area contributed by atoms with E-state index in [9.17, 15) is 4.79 Å². The van der Waals surface area contributed by atoms with Crippen LogP contribution in [-0.4, -0.2) is 34.0 Å². The van der Waals surface area contributed by atoms with Gasteiger partial charge in [0.05, 0.1) is 10.2 Å². The van der Waals surface area contributed by atoms with Crippen molar-refractivity contribution in [2.75, 3.05) is 24.6 Å². The van der Waals surface area contributed by atoms with Crippen molar-refractivity contribution < 1.29 is 0 Å². The van der Waals surface area contributed by atoms with Crippen LogP contribution in [-0.2, 0) is 13.5 Å². The Labute approximate surface area is 149 Å². The van der Waals surface area contributed by atoms with Gasteiger partial charge in [-0.15, -0.1) is 12.4 Å². The Morgan fingerprint density at radius 2 is 2.05 bits per heavy atom. The largest absolute Gasteiger partial charge is 0.307 e. The van der Waals surface area contributed by atoms with Crippen LogP contribution < -0.4 is 4.87 Å². The summed E-state index contributed by atoms with van der Waals surface area (Å²) in [5.41, 5.74) is 2.39. The zero-order chi connectivity index (χ0) is 14.5. The van der Waals surface area contributed by atoms with Crippen LogP contribution in [0.2, 0.25) is 0 Å². The van der Waals surface area contributed by atoms with E-state index in [1.807, 2.05) is 7.05 Å². The Hall–Kier alpha value is -0.110. The number of hydrogen-bond acceptors (Lipinski definition) is 3. The summed E-state index contributed by atoms with van der Waals surface area (Å²) >= 11 is 3.76. The summed E-state index contributed by atoms with van der Waals surface area (Å²) < 4.78 is 4.03. The molecule has 0 N–H and O–H groups in total. The maximum Gasteiger partial charge on any atom is 0.307 e. The van der Waals surface area contributed by atoms with Crippen LogP contribution in [0.1, 0.15) is 18.4 Å². The van der Waals surface area contributed by atoms with E-state index in [1.54, 1.807) is 4.57 Å². The predicted molar refractivity (Wildman–Crippen MR) is 104 cm³/mol. The molecule has 0 amide bonds. The highest BCUT2D eigenvalue weighted by Gasteiger charge is 2.05. The van der Waals surface area contributed by atoms with Crippen LogP contribution >= 0.6 is 46.3 Å². The second-order valence-electron chi connectivity index (χ2n) is 5.18. The highest BCUT2D eigenvalue weighted by Crippen LogP contribution is 2.19. The highest BCUT2D eigenvalue weighted by molar-refractivity contribution is 14.1. The number of halogens is 2. The first-order chi connectivity index (χ1) is 9.61. The van der Waals surface area contributed by atoms with Gasteiger partial charge in [0.1, 0.15) is 0 Å². The average molecular weight is 441 g/mol. The van der Waals surface area contributed by atoms with Gasteiger partial charge in [-0.1, -0.05) is 40.0 Å². The molecule has 2 rings (SSSR count). The molecule has 0 atom stereocenters. The second-order valence-corrected chi connectivity index (χ2v) is 7.25. The van der Waals surface area contributed by atoms with Crippen molar-refractivity contribution in [3.8, 4) is 0 Å². The van der Waals surface area contributed by atoms with E-state index in [0.29, 0.717) is 0 Å². The van der Waals surface area contributed by atoms with Crippen LogP contribution in [0, 0.1) is 0 Å². The fourth-order valence-corrected chi connectivity index (χ4v) is 4.07. The maximum absolute atomic E-state index is 11.6. The second kappa shape index (κ2) is 9.12. The Morgan fingerprint density at radius 1 is 1.29 bits per heavy atom. The summed E-state index contributed by atoms with van der Waals surface area (Å²) in [5, 5.41) is 0. The van der Waals surface area contributed by atoms with Gasteiger partial charge in [0, 0.05) is 18.0 Å². The van der Waals surface area contributed by atoms with E-state index < -0.39 is 0 Å². The molecule has 0 aliphatic heterocycles. The Bertz CT molecular complexity index is 626. The molecule has 0 unspecified atom stereocenters. The van der Waals surface area contributed by atoms with Crippen molar-refractivity contribution >= 4 is 56.6 Å². The van der Waals surface area contributed by atoms with Gasteiger partial charge in [-0.25, -0.2) is 0 Å². The average Bonchev–Trinajstić information content (AvgIpc) is 2.70. The van der Waals surface area contributed by atoms with Crippen LogP contribution in [0.5, 0.6) is 0 Å². The van der Waals surface area contributed by atoms with Crippen molar-refractivity contribution in [2.24, 2.45) is 7.05 Å². The van der Waals surface area contributed by atoms with Gasteiger partial charge in [-0.2, -0.15) is 0 Å². The predicted octanol–water partition coefficient (Wildman–Crippen LogP) is 3.71. The summed E-state index contributed by atoms with van der Waals surface area (Å²) in [7, 11) is 4.02. The molecule has 0 aliphatic carbocycles. The zero-order valence-electron chi connectivity index (χ0n) is 12.5. The minimum absolute atomic E-state index is 0. The number of alkyl halides is 1. The molecule has 0 spiro atoms. The van der Waals surface area contributed by atoms with Crippen LogP contribution in [0.15, 0.2) is 23.0 Å². The van der Waals surface area contributed by atoms with Gasteiger partial charge in [0.25, 0.3) is 0 Å². The molecule has 2 aromatic rings. The smallest absolute Gasteiger partial charge is 0.306 e. The monoisotopic (exact) mass is 440 g/mol. The first-order valence-corrected chi connectivity index (χ1v) is 9.29. The normalized spacial score (nSPS) is 11.0. The SMILES string of the molecule is CN(CCI)CCCCc1ccc2c(c1)sc(=O)n2C.Cl. The van der Waals surface area contributed by atoms with E-state index >= 15 is 0 Å². The van der Waals surface area contributed by atoms with Crippen LogP contribution in [0.25, 0.3) is 10.2 Å². The Morgan fingerprint density at radius 3 is 2.76 bits per heavy atom. The molecule has 0 fully saturated rings. The molecule has 1 heterocycles. The molecule has 0 radical (unpaired) electrons. The van der Waals surface area contributed by atoms with Gasteiger partial charge < -0.3 is 9.47 Å². The molecule has 0 bridgehead atoms. The maximum atomic E-state index is 11.6. The quantitative estimate of drug-likeness (QED) is 0.372. The highest BCUT2D eigenvalue weighted by atomic mass is 127. The molecule has 6 heteroatoms. The number of aromatic nitrogens is 1. The fraction of sp³-hybridized carbons (Fsp3) is 0.533. The molecule has 3 nitrogen and oxygen atoms in total. The molecular formula is C15H22ClIN2OS. The summed E-state index contributed by atoms with van der Waals surface area (Å²) in [5.74, 6) is 0. The Kier molecular flexibility index (Phi) is 8.23. The van der Waals surface area contributed by atoms with E-state index in [2.05, 4.69) is 52.7 Å². The van der Waals surface area contributed by atoms with Crippen LogP contribution in [0.3, 0.4) is 0 Å². The van der Waals surface area contributed by atoms with E-state index in [0.717, 1.165) is 16.6 Å². The third-order valence-corrected chi connectivity index (χ3v) is 5.06. The summed E-state index contributed by atoms with van der Waals surface area (Å²) in [4.78, 5) is 14.1. The Balaban J connectivity index is 0.00000220. The lowest BCUT2D eigenvalue weighted by Gasteiger charge is -2.14. The van der Waals surface area contributed by atoms with Crippen LogP contribution in [0.4, 0.5) is 0 Å². The molecule has 0 saturated heterocycles. The molecule has 21 heavy (non-hydrogen) atoms. The van der Waals surface area contributed by atoms with E-state index in [-0.39, 0.29) is 17.3 Å². The number of benzene rings is 1. The standard InChI is InChI=1S/C15H21IN2OS.ClH/c1-17(10-8-16)9-4-3-5-12-6-7-13-14(11-12)20-15(19)18(13)2;/h6-7,11H,3-5,8-10H2,1-2H3;1H. The minimum atomic E-state index is 0. The zero-order valence-corrected chi connectivity index (χ0v) is 16.3. The number of thiazole rings is 1. The summed E-state index contributed by atoms with van der Waals surface area (Å²) in [6, 6.07) is 6.41. The van der Waals surface area contributed by atoms with Crippen molar-refractivity contribution in [3.05, 3.63) is 33.4 Å². The third kappa shape index (κ3) is 5.23.